The second-order valence-electron chi connectivity index (χ2n) is 7.47. The van der Waals surface area contributed by atoms with Crippen LogP contribution in [-0.4, -0.2) is 61.3 Å². The van der Waals surface area contributed by atoms with Crippen molar-refractivity contribution in [2.45, 2.75) is 52.6 Å². The van der Waals surface area contributed by atoms with E-state index in [1.54, 1.807) is 11.3 Å². The standard InChI is InChI=1S/C18H33N5OS.HI/c1-6-19-17(20-11-14(2)23-7-9-24-10-8-23)21-12-15-13-25-16(22-15)18(3,4)5;/h13-14H,6-12H2,1-5H3,(H2,19,20,21);1H. The Morgan fingerprint density at radius 1 is 1.35 bits per heavy atom. The summed E-state index contributed by atoms with van der Waals surface area (Å²) < 4.78 is 5.42. The minimum atomic E-state index is 0. The predicted octanol–water partition coefficient (Wildman–Crippen LogP) is 2.83. The molecule has 8 heteroatoms. The number of morpholine rings is 1. The molecule has 0 amide bonds. The minimum absolute atomic E-state index is 0. The van der Waals surface area contributed by atoms with Crippen LogP contribution in [0.4, 0.5) is 0 Å². The number of rotatable bonds is 6. The highest BCUT2D eigenvalue weighted by atomic mass is 127. The third-order valence-electron chi connectivity index (χ3n) is 4.17. The van der Waals surface area contributed by atoms with Crippen LogP contribution in [0.2, 0.25) is 0 Å². The van der Waals surface area contributed by atoms with Crippen molar-refractivity contribution in [1.82, 2.24) is 20.5 Å². The summed E-state index contributed by atoms with van der Waals surface area (Å²) in [6.07, 6.45) is 0. The van der Waals surface area contributed by atoms with Gasteiger partial charge in [0.15, 0.2) is 5.96 Å². The van der Waals surface area contributed by atoms with Crippen LogP contribution in [0.3, 0.4) is 0 Å². The minimum Gasteiger partial charge on any atom is -0.379 e. The van der Waals surface area contributed by atoms with E-state index in [2.05, 4.69) is 55.5 Å². The molecule has 1 aliphatic rings. The van der Waals surface area contributed by atoms with Gasteiger partial charge in [0.1, 0.15) is 0 Å². The molecular formula is C18H34IN5OS. The largest absolute Gasteiger partial charge is 0.379 e. The zero-order valence-electron chi connectivity index (χ0n) is 16.7. The maximum Gasteiger partial charge on any atom is 0.191 e. The van der Waals surface area contributed by atoms with Gasteiger partial charge < -0.3 is 15.4 Å². The third kappa shape index (κ3) is 7.66. The van der Waals surface area contributed by atoms with Crippen LogP contribution in [-0.2, 0) is 16.7 Å². The van der Waals surface area contributed by atoms with E-state index >= 15 is 0 Å². The number of nitrogens with one attached hydrogen (secondary N) is 2. The van der Waals surface area contributed by atoms with E-state index in [9.17, 15) is 0 Å². The molecule has 0 aliphatic carbocycles. The van der Waals surface area contributed by atoms with E-state index in [1.807, 2.05) is 0 Å². The average molecular weight is 495 g/mol. The average Bonchev–Trinajstić information content (AvgIpc) is 3.07. The van der Waals surface area contributed by atoms with Gasteiger partial charge in [0, 0.05) is 43.0 Å². The Hall–Kier alpha value is -0.450. The Bertz CT molecular complexity index is 552. The van der Waals surface area contributed by atoms with Gasteiger partial charge in [-0.3, -0.25) is 4.90 Å². The fraction of sp³-hybridized carbons (Fsp3) is 0.778. The molecular weight excluding hydrogens is 461 g/mol. The molecule has 1 atom stereocenters. The predicted molar refractivity (Wildman–Crippen MR) is 121 cm³/mol. The number of thiazole rings is 1. The zero-order valence-corrected chi connectivity index (χ0v) is 19.8. The lowest BCUT2D eigenvalue weighted by molar-refractivity contribution is 0.0211. The van der Waals surface area contributed by atoms with Gasteiger partial charge >= 0.3 is 0 Å². The van der Waals surface area contributed by atoms with E-state index in [1.165, 1.54) is 0 Å². The van der Waals surface area contributed by atoms with Gasteiger partial charge in [-0.25, -0.2) is 9.98 Å². The van der Waals surface area contributed by atoms with E-state index in [4.69, 9.17) is 14.7 Å². The molecule has 1 aromatic rings. The molecule has 6 nitrogen and oxygen atoms in total. The highest BCUT2D eigenvalue weighted by molar-refractivity contribution is 14.0. The van der Waals surface area contributed by atoms with Crippen LogP contribution in [0.5, 0.6) is 0 Å². The normalized spacial score (nSPS) is 17.5. The molecule has 2 N–H and O–H groups in total. The van der Waals surface area contributed by atoms with Crippen molar-refractivity contribution in [2.24, 2.45) is 4.99 Å². The molecule has 2 rings (SSSR count). The second kappa shape index (κ2) is 11.4. The van der Waals surface area contributed by atoms with E-state index in [0.717, 1.165) is 56.1 Å². The van der Waals surface area contributed by atoms with Crippen LogP contribution in [0.15, 0.2) is 10.4 Å². The van der Waals surface area contributed by atoms with E-state index in [0.29, 0.717) is 12.6 Å². The second-order valence-corrected chi connectivity index (χ2v) is 8.33. The molecule has 0 saturated carbocycles. The van der Waals surface area contributed by atoms with Crippen molar-refractivity contribution < 1.29 is 4.74 Å². The lowest BCUT2D eigenvalue weighted by Gasteiger charge is -2.32. The van der Waals surface area contributed by atoms with E-state index < -0.39 is 0 Å². The Kier molecular flexibility index (Phi) is 10.3. The number of halogens is 1. The topological polar surface area (TPSA) is 61.8 Å². The molecule has 2 heterocycles. The molecule has 0 aromatic carbocycles. The van der Waals surface area contributed by atoms with Gasteiger partial charge in [0.25, 0.3) is 0 Å². The Balaban J connectivity index is 0.00000338. The summed E-state index contributed by atoms with van der Waals surface area (Å²) in [7, 11) is 0. The number of hydrogen-bond acceptors (Lipinski definition) is 5. The number of nitrogens with zero attached hydrogens (tertiary/aromatic N) is 3. The quantitative estimate of drug-likeness (QED) is 0.361. The summed E-state index contributed by atoms with van der Waals surface area (Å²) in [4.78, 5) is 11.9. The number of guanidine groups is 1. The van der Waals surface area contributed by atoms with Crippen molar-refractivity contribution in [3.05, 3.63) is 16.1 Å². The molecule has 1 fully saturated rings. The molecule has 1 saturated heterocycles. The molecule has 0 radical (unpaired) electrons. The van der Waals surface area contributed by atoms with Crippen LogP contribution >= 0.6 is 35.3 Å². The maximum absolute atomic E-state index is 5.42. The monoisotopic (exact) mass is 495 g/mol. The smallest absolute Gasteiger partial charge is 0.191 e. The fourth-order valence-corrected chi connectivity index (χ4v) is 3.52. The van der Waals surface area contributed by atoms with Gasteiger partial charge in [-0.15, -0.1) is 35.3 Å². The number of ether oxygens (including phenoxy) is 1. The Morgan fingerprint density at radius 3 is 2.62 bits per heavy atom. The zero-order chi connectivity index (χ0) is 18.3. The fourth-order valence-electron chi connectivity index (χ4n) is 2.62. The number of aliphatic imine (C=N–C) groups is 1. The Labute approximate surface area is 179 Å². The molecule has 1 aromatic heterocycles. The molecule has 150 valence electrons. The van der Waals surface area contributed by atoms with Crippen molar-refractivity contribution in [1.29, 1.82) is 0 Å². The highest BCUT2D eigenvalue weighted by Crippen LogP contribution is 2.25. The van der Waals surface area contributed by atoms with Gasteiger partial charge in [0.2, 0.25) is 0 Å². The van der Waals surface area contributed by atoms with Crippen LogP contribution < -0.4 is 10.6 Å². The highest BCUT2D eigenvalue weighted by Gasteiger charge is 2.18. The first-order chi connectivity index (χ1) is 11.9. The molecule has 0 spiro atoms. The summed E-state index contributed by atoms with van der Waals surface area (Å²) in [5, 5.41) is 10.1. The first-order valence-corrected chi connectivity index (χ1v) is 10.1. The summed E-state index contributed by atoms with van der Waals surface area (Å²) in [6, 6.07) is 0.458. The van der Waals surface area contributed by atoms with Crippen molar-refractivity contribution in [3.8, 4) is 0 Å². The van der Waals surface area contributed by atoms with Crippen molar-refractivity contribution >= 4 is 41.3 Å². The van der Waals surface area contributed by atoms with Gasteiger partial charge in [0.05, 0.1) is 30.5 Å². The summed E-state index contributed by atoms with van der Waals surface area (Å²) in [5.41, 5.74) is 1.14. The molecule has 26 heavy (non-hydrogen) atoms. The van der Waals surface area contributed by atoms with Gasteiger partial charge in [-0.05, 0) is 13.8 Å². The van der Waals surface area contributed by atoms with Crippen molar-refractivity contribution in [2.75, 3.05) is 39.4 Å². The summed E-state index contributed by atoms with van der Waals surface area (Å²) in [5.74, 6) is 0.855. The number of aromatic nitrogens is 1. The van der Waals surface area contributed by atoms with Crippen molar-refractivity contribution in [3.63, 3.8) is 0 Å². The molecule has 1 unspecified atom stereocenters. The van der Waals surface area contributed by atoms with E-state index in [-0.39, 0.29) is 29.4 Å². The SMILES string of the molecule is CCNC(=NCc1csc(C(C)(C)C)n1)NCC(C)N1CCOCC1.I. The van der Waals surface area contributed by atoms with Gasteiger partial charge in [-0.2, -0.15) is 0 Å². The first-order valence-electron chi connectivity index (χ1n) is 9.19. The van der Waals surface area contributed by atoms with Crippen LogP contribution in [0.25, 0.3) is 0 Å². The first kappa shape index (κ1) is 23.6. The summed E-state index contributed by atoms with van der Waals surface area (Å²) >= 11 is 1.72. The molecule has 0 bridgehead atoms. The lowest BCUT2D eigenvalue weighted by Crippen LogP contribution is -2.49. The lowest BCUT2D eigenvalue weighted by atomic mass is 9.98. The van der Waals surface area contributed by atoms with Crippen LogP contribution in [0.1, 0.15) is 45.3 Å². The summed E-state index contributed by atoms with van der Waals surface area (Å²) in [6.45, 7) is 16.9. The Morgan fingerprint density at radius 2 is 2.04 bits per heavy atom. The molecule has 1 aliphatic heterocycles. The van der Waals surface area contributed by atoms with Crippen LogP contribution in [0, 0.1) is 0 Å². The third-order valence-corrected chi connectivity index (χ3v) is 5.49. The maximum atomic E-state index is 5.42. The van der Waals surface area contributed by atoms with Gasteiger partial charge in [-0.1, -0.05) is 20.8 Å². The number of hydrogen-bond donors (Lipinski definition) is 2.